The van der Waals surface area contributed by atoms with Gasteiger partial charge in [0.2, 0.25) is 5.91 Å². The Morgan fingerprint density at radius 1 is 1.21 bits per heavy atom. The molecule has 1 heterocycles. The molecule has 0 unspecified atom stereocenters. The van der Waals surface area contributed by atoms with E-state index >= 15 is 0 Å². The van der Waals surface area contributed by atoms with Crippen LogP contribution < -0.4 is 5.32 Å². The van der Waals surface area contributed by atoms with Crippen LogP contribution in [0, 0.1) is 13.8 Å². The van der Waals surface area contributed by atoms with Crippen molar-refractivity contribution in [2.75, 3.05) is 11.1 Å². The lowest BCUT2D eigenvalue weighted by molar-refractivity contribution is -0.113. The summed E-state index contributed by atoms with van der Waals surface area (Å²) in [5, 5.41) is 13.0. The first-order valence-electron chi connectivity index (χ1n) is 8.89. The fraction of sp³-hybridized carbons (Fsp3) is 0.190. The number of hydrogen-bond donors (Lipinski definition) is 1. The van der Waals surface area contributed by atoms with Crippen LogP contribution in [0.3, 0.4) is 0 Å². The molecule has 0 fully saturated rings. The fourth-order valence-corrected chi connectivity index (χ4v) is 3.79. The molecule has 0 spiro atoms. The highest BCUT2D eigenvalue weighted by atomic mass is 35.5. The normalized spacial score (nSPS) is 10.8. The standard InChI is InChI=1S/C21H20Cl2N4OS/c1-4-10-27-20(15-8-9-16(22)17(23)11-15)25-26-21(27)29-12-19(28)24-18-7-5-6-13(2)14(18)3/h4-9,11H,1,10,12H2,2-3H3,(H,24,28). The molecule has 1 N–H and O–H groups in total. The van der Waals surface area contributed by atoms with Gasteiger partial charge in [-0.2, -0.15) is 0 Å². The SMILES string of the molecule is C=CCn1c(SCC(=O)Nc2cccc(C)c2C)nnc1-c1ccc(Cl)c(Cl)c1. The van der Waals surface area contributed by atoms with Crippen molar-refractivity contribution in [2.24, 2.45) is 0 Å². The van der Waals surface area contributed by atoms with E-state index in [2.05, 4.69) is 22.1 Å². The Kier molecular flexibility index (Phi) is 7.00. The number of nitrogens with zero attached hydrogens (tertiary/aromatic N) is 3. The van der Waals surface area contributed by atoms with Crippen molar-refractivity contribution in [3.8, 4) is 11.4 Å². The molecular weight excluding hydrogens is 427 g/mol. The zero-order valence-electron chi connectivity index (χ0n) is 16.1. The van der Waals surface area contributed by atoms with Crippen LogP contribution in [0.5, 0.6) is 0 Å². The third kappa shape index (κ3) is 5.01. The van der Waals surface area contributed by atoms with E-state index in [0.29, 0.717) is 27.6 Å². The molecule has 29 heavy (non-hydrogen) atoms. The lowest BCUT2D eigenvalue weighted by Gasteiger charge is -2.11. The molecule has 0 radical (unpaired) electrons. The van der Waals surface area contributed by atoms with Gasteiger partial charge in [0.15, 0.2) is 11.0 Å². The van der Waals surface area contributed by atoms with Gasteiger partial charge in [0.05, 0.1) is 15.8 Å². The van der Waals surface area contributed by atoms with Crippen LogP contribution in [-0.2, 0) is 11.3 Å². The zero-order chi connectivity index (χ0) is 21.0. The number of amides is 1. The molecule has 0 aliphatic carbocycles. The van der Waals surface area contributed by atoms with E-state index in [1.165, 1.54) is 11.8 Å². The van der Waals surface area contributed by atoms with Crippen LogP contribution in [0.2, 0.25) is 10.0 Å². The Balaban J connectivity index is 1.76. The average Bonchev–Trinajstić information content (AvgIpc) is 3.09. The van der Waals surface area contributed by atoms with Gasteiger partial charge < -0.3 is 5.32 Å². The molecule has 0 aliphatic rings. The molecule has 0 aliphatic heterocycles. The number of hydrogen-bond acceptors (Lipinski definition) is 4. The highest BCUT2D eigenvalue weighted by molar-refractivity contribution is 7.99. The predicted molar refractivity (Wildman–Crippen MR) is 121 cm³/mol. The van der Waals surface area contributed by atoms with E-state index in [-0.39, 0.29) is 11.7 Å². The Morgan fingerprint density at radius 3 is 2.72 bits per heavy atom. The van der Waals surface area contributed by atoms with Gasteiger partial charge in [-0.25, -0.2) is 0 Å². The molecule has 3 rings (SSSR count). The first kappa shape index (κ1) is 21.4. The first-order chi connectivity index (χ1) is 13.9. The van der Waals surface area contributed by atoms with Crippen molar-refractivity contribution < 1.29 is 4.79 Å². The van der Waals surface area contributed by atoms with E-state index in [4.69, 9.17) is 23.2 Å². The van der Waals surface area contributed by atoms with Crippen LogP contribution >= 0.6 is 35.0 Å². The minimum absolute atomic E-state index is 0.104. The number of allylic oxidation sites excluding steroid dienone is 1. The monoisotopic (exact) mass is 446 g/mol. The second-order valence-corrected chi connectivity index (χ2v) is 8.18. The van der Waals surface area contributed by atoms with Gasteiger partial charge in [-0.15, -0.1) is 16.8 Å². The molecule has 3 aromatic rings. The van der Waals surface area contributed by atoms with E-state index in [1.807, 2.05) is 42.7 Å². The van der Waals surface area contributed by atoms with E-state index in [9.17, 15) is 4.79 Å². The van der Waals surface area contributed by atoms with E-state index < -0.39 is 0 Å². The summed E-state index contributed by atoms with van der Waals surface area (Å²) in [6, 6.07) is 11.1. The van der Waals surface area contributed by atoms with Crippen molar-refractivity contribution in [1.29, 1.82) is 0 Å². The summed E-state index contributed by atoms with van der Waals surface area (Å²) in [7, 11) is 0. The molecule has 1 aromatic heterocycles. The zero-order valence-corrected chi connectivity index (χ0v) is 18.4. The number of anilines is 1. The highest BCUT2D eigenvalue weighted by Crippen LogP contribution is 2.30. The fourth-order valence-electron chi connectivity index (χ4n) is 2.74. The molecule has 1 amide bonds. The van der Waals surface area contributed by atoms with Crippen LogP contribution in [0.15, 0.2) is 54.2 Å². The maximum absolute atomic E-state index is 12.4. The van der Waals surface area contributed by atoms with Crippen LogP contribution in [-0.4, -0.2) is 26.4 Å². The smallest absolute Gasteiger partial charge is 0.234 e. The van der Waals surface area contributed by atoms with Crippen LogP contribution in [0.4, 0.5) is 5.69 Å². The number of carbonyl (C=O) groups is 1. The molecule has 0 atom stereocenters. The molecule has 2 aromatic carbocycles. The summed E-state index contributed by atoms with van der Waals surface area (Å²) >= 11 is 13.5. The predicted octanol–water partition coefficient (Wildman–Crippen LogP) is 5.79. The van der Waals surface area contributed by atoms with Gasteiger partial charge in [0.25, 0.3) is 0 Å². The van der Waals surface area contributed by atoms with Crippen molar-refractivity contribution in [2.45, 2.75) is 25.5 Å². The largest absolute Gasteiger partial charge is 0.325 e. The van der Waals surface area contributed by atoms with E-state index in [1.54, 1.807) is 18.2 Å². The molecule has 8 heteroatoms. The van der Waals surface area contributed by atoms with Crippen molar-refractivity contribution >= 4 is 46.6 Å². The van der Waals surface area contributed by atoms with Gasteiger partial charge in [0.1, 0.15) is 0 Å². The lowest BCUT2D eigenvalue weighted by atomic mass is 10.1. The Bertz CT molecular complexity index is 1060. The van der Waals surface area contributed by atoms with Gasteiger partial charge >= 0.3 is 0 Å². The minimum Gasteiger partial charge on any atom is -0.325 e. The average molecular weight is 447 g/mol. The van der Waals surface area contributed by atoms with Gasteiger partial charge in [-0.1, -0.05) is 53.2 Å². The quantitative estimate of drug-likeness (QED) is 0.368. The number of benzene rings is 2. The van der Waals surface area contributed by atoms with Crippen LogP contribution in [0.25, 0.3) is 11.4 Å². The maximum atomic E-state index is 12.4. The molecular formula is C21H20Cl2N4OS. The summed E-state index contributed by atoms with van der Waals surface area (Å²) in [4.78, 5) is 12.4. The van der Waals surface area contributed by atoms with Gasteiger partial charge in [-0.3, -0.25) is 9.36 Å². The summed E-state index contributed by atoms with van der Waals surface area (Å²) in [5.41, 5.74) is 3.80. The van der Waals surface area contributed by atoms with E-state index in [0.717, 1.165) is 22.4 Å². The number of aromatic nitrogens is 3. The van der Waals surface area contributed by atoms with Crippen molar-refractivity contribution in [1.82, 2.24) is 14.8 Å². The number of thioether (sulfide) groups is 1. The number of halogens is 2. The van der Waals surface area contributed by atoms with Crippen LogP contribution in [0.1, 0.15) is 11.1 Å². The summed E-state index contributed by atoms with van der Waals surface area (Å²) < 4.78 is 1.89. The third-order valence-corrected chi connectivity index (χ3v) is 6.12. The van der Waals surface area contributed by atoms with Gasteiger partial charge in [0, 0.05) is 17.8 Å². The topological polar surface area (TPSA) is 59.8 Å². The minimum atomic E-state index is -0.104. The molecule has 0 saturated heterocycles. The summed E-state index contributed by atoms with van der Waals surface area (Å²) in [6.45, 7) is 8.31. The second kappa shape index (κ2) is 9.48. The van der Waals surface area contributed by atoms with Crippen molar-refractivity contribution in [3.63, 3.8) is 0 Å². The molecule has 0 saturated carbocycles. The highest BCUT2D eigenvalue weighted by Gasteiger charge is 2.16. The second-order valence-electron chi connectivity index (χ2n) is 6.42. The maximum Gasteiger partial charge on any atom is 0.234 e. The number of aryl methyl sites for hydroxylation is 1. The number of carbonyl (C=O) groups excluding carboxylic acids is 1. The Hall–Kier alpha value is -2.28. The van der Waals surface area contributed by atoms with Gasteiger partial charge in [-0.05, 0) is 49.2 Å². The molecule has 150 valence electrons. The Labute approximate surface area is 184 Å². The summed E-state index contributed by atoms with van der Waals surface area (Å²) in [6.07, 6.45) is 1.75. The molecule has 5 nitrogen and oxygen atoms in total. The lowest BCUT2D eigenvalue weighted by Crippen LogP contribution is -2.15. The van der Waals surface area contributed by atoms with Crippen molar-refractivity contribution in [3.05, 3.63) is 70.2 Å². The number of rotatable bonds is 7. The number of nitrogens with one attached hydrogen (secondary N) is 1. The Morgan fingerprint density at radius 2 is 2.00 bits per heavy atom. The third-order valence-electron chi connectivity index (χ3n) is 4.42. The molecule has 0 bridgehead atoms. The first-order valence-corrected chi connectivity index (χ1v) is 10.6. The summed E-state index contributed by atoms with van der Waals surface area (Å²) in [5.74, 6) is 0.748.